The first kappa shape index (κ1) is 9.41. The van der Waals surface area contributed by atoms with Crippen molar-refractivity contribution in [3.63, 3.8) is 0 Å². The summed E-state index contributed by atoms with van der Waals surface area (Å²) in [4.78, 5) is 11.4. The molecule has 0 heterocycles. The number of Topliss-reactive ketones (excluding diaryl/α,β-unsaturated/α-hetero) is 1. The molecule has 0 aliphatic heterocycles. The first-order valence-corrected chi connectivity index (χ1v) is 5.07. The minimum atomic E-state index is 0.232. The van der Waals surface area contributed by atoms with Crippen LogP contribution in [0.1, 0.15) is 34.3 Å². The van der Waals surface area contributed by atoms with Crippen molar-refractivity contribution in [3.8, 4) is 0 Å². The van der Waals surface area contributed by atoms with E-state index in [2.05, 4.69) is 6.07 Å². The van der Waals surface area contributed by atoms with Crippen LogP contribution in [0.15, 0.2) is 18.2 Å². The second-order valence-electron chi connectivity index (χ2n) is 3.74. The minimum Gasteiger partial charge on any atom is -0.396 e. The van der Waals surface area contributed by atoms with Crippen LogP contribution in [0.25, 0.3) is 0 Å². The number of ketones is 1. The Balaban J connectivity index is 2.19. The highest BCUT2D eigenvalue weighted by Gasteiger charge is 2.18. The Morgan fingerprint density at radius 1 is 1.29 bits per heavy atom. The summed E-state index contributed by atoms with van der Waals surface area (Å²) in [6.45, 7) is 0.232. The smallest absolute Gasteiger partial charge is 0.163 e. The molecule has 2 nitrogen and oxygen atoms in total. The molecule has 2 rings (SSSR count). The van der Waals surface area contributed by atoms with Gasteiger partial charge < -0.3 is 5.11 Å². The van der Waals surface area contributed by atoms with Crippen molar-refractivity contribution in [3.05, 3.63) is 34.9 Å². The third-order valence-electron chi connectivity index (χ3n) is 2.72. The lowest BCUT2D eigenvalue weighted by Gasteiger charge is -2.02. The van der Waals surface area contributed by atoms with Gasteiger partial charge in [0.15, 0.2) is 5.78 Å². The van der Waals surface area contributed by atoms with Gasteiger partial charge in [-0.25, -0.2) is 0 Å². The van der Waals surface area contributed by atoms with E-state index >= 15 is 0 Å². The summed E-state index contributed by atoms with van der Waals surface area (Å²) < 4.78 is 0. The number of hydrogen-bond donors (Lipinski definition) is 1. The van der Waals surface area contributed by atoms with E-state index in [-0.39, 0.29) is 12.4 Å². The van der Waals surface area contributed by atoms with Crippen LogP contribution < -0.4 is 0 Å². The number of rotatable bonds is 3. The molecule has 0 saturated carbocycles. The average Bonchev–Trinajstić information content (AvgIpc) is 2.57. The summed E-state index contributed by atoms with van der Waals surface area (Å²) in [6, 6.07) is 6.03. The van der Waals surface area contributed by atoms with Gasteiger partial charge in [0.25, 0.3) is 0 Å². The van der Waals surface area contributed by atoms with Gasteiger partial charge >= 0.3 is 0 Å². The maximum absolute atomic E-state index is 11.4. The van der Waals surface area contributed by atoms with Gasteiger partial charge in [-0.05, 0) is 30.4 Å². The Bertz CT molecular complexity index is 355. The van der Waals surface area contributed by atoms with Crippen molar-refractivity contribution in [1.82, 2.24) is 0 Å². The van der Waals surface area contributed by atoms with Gasteiger partial charge in [-0.3, -0.25) is 4.79 Å². The van der Waals surface area contributed by atoms with Gasteiger partial charge in [0, 0.05) is 18.6 Å². The van der Waals surface area contributed by atoms with Crippen molar-refractivity contribution in [2.24, 2.45) is 0 Å². The topological polar surface area (TPSA) is 37.3 Å². The average molecular weight is 190 g/mol. The van der Waals surface area contributed by atoms with Crippen LogP contribution in [0.2, 0.25) is 0 Å². The highest BCUT2D eigenvalue weighted by molar-refractivity contribution is 6.00. The molecular formula is C12H14O2. The molecule has 0 amide bonds. The molecule has 2 heteroatoms. The summed E-state index contributed by atoms with van der Waals surface area (Å²) >= 11 is 0. The van der Waals surface area contributed by atoms with E-state index < -0.39 is 0 Å². The predicted octanol–water partition coefficient (Wildman–Crippen LogP) is 1.74. The van der Waals surface area contributed by atoms with Gasteiger partial charge in [0.05, 0.1) is 0 Å². The van der Waals surface area contributed by atoms with Gasteiger partial charge in [-0.2, -0.15) is 0 Å². The second-order valence-corrected chi connectivity index (χ2v) is 3.74. The molecular weight excluding hydrogens is 176 g/mol. The standard InChI is InChI=1S/C12H14O2/c13-7-1-2-9-3-5-11-10(8-9)4-6-12(11)14/h3,5,8,13H,1-2,4,6-7H2. The summed E-state index contributed by atoms with van der Waals surface area (Å²) in [6.07, 6.45) is 3.25. The largest absolute Gasteiger partial charge is 0.396 e. The fourth-order valence-electron chi connectivity index (χ4n) is 1.95. The quantitative estimate of drug-likeness (QED) is 0.788. The van der Waals surface area contributed by atoms with Crippen LogP contribution in [0, 0.1) is 0 Å². The van der Waals surface area contributed by atoms with E-state index in [1.54, 1.807) is 0 Å². The Kier molecular flexibility index (Phi) is 2.64. The molecule has 0 saturated heterocycles. The molecule has 14 heavy (non-hydrogen) atoms. The third-order valence-corrected chi connectivity index (χ3v) is 2.72. The summed E-state index contributed by atoms with van der Waals surface area (Å²) in [7, 11) is 0. The third kappa shape index (κ3) is 1.70. The lowest BCUT2D eigenvalue weighted by Crippen LogP contribution is -1.94. The van der Waals surface area contributed by atoms with E-state index in [0.717, 1.165) is 24.8 Å². The van der Waals surface area contributed by atoms with Crippen molar-refractivity contribution >= 4 is 5.78 Å². The number of benzene rings is 1. The second kappa shape index (κ2) is 3.93. The zero-order valence-electron chi connectivity index (χ0n) is 8.12. The molecule has 1 aromatic rings. The zero-order valence-corrected chi connectivity index (χ0v) is 8.12. The van der Waals surface area contributed by atoms with Gasteiger partial charge in [-0.15, -0.1) is 0 Å². The number of aliphatic hydroxyl groups excluding tert-OH is 1. The van der Waals surface area contributed by atoms with E-state index in [0.29, 0.717) is 6.42 Å². The summed E-state index contributed by atoms with van der Waals surface area (Å²) in [5.74, 6) is 0.272. The molecule has 0 fully saturated rings. The molecule has 0 atom stereocenters. The number of fused-ring (bicyclic) bond motifs is 1. The number of aryl methyl sites for hydroxylation is 2. The molecule has 1 aliphatic rings. The molecule has 0 radical (unpaired) electrons. The number of carbonyl (C=O) groups is 1. The maximum Gasteiger partial charge on any atom is 0.163 e. The van der Waals surface area contributed by atoms with Gasteiger partial charge in [0.2, 0.25) is 0 Å². The number of aliphatic hydroxyl groups is 1. The van der Waals surface area contributed by atoms with Crippen LogP contribution in [-0.4, -0.2) is 17.5 Å². The van der Waals surface area contributed by atoms with E-state index in [4.69, 9.17) is 5.11 Å². The highest BCUT2D eigenvalue weighted by Crippen LogP contribution is 2.23. The highest BCUT2D eigenvalue weighted by atomic mass is 16.2. The maximum atomic E-state index is 11.4. The molecule has 0 unspecified atom stereocenters. The Hall–Kier alpha value is -1.15. The van der Waals surface area contributed by atoms with Gasteiger partial charge in [-0.1, -0.05) is 18.2 Å². The van der Waals surface area contributed by atoms with Crippen molar-refractivity contribution in [2.45, 2.75) is 25.7 Å². The molecule has 1 aromatic carbocycles. The number of carbonyl (C=O) groups excluding carboxylic acids is 1. The fourth-order valence-corrected chi connectivity index (χ4v) is 1.95. The van der Waals surface area contributed by atoms with E-state index in [9.17, 15) is 4.79 Å². The summed E-state index contributed by atoms with van der Waals surface area (Å²) in [5, 5.41) is 8.71. The first-order chi connectivity index (χ1) is 6.81. The Morgan fingerprint density at radius 3 is 2.93 bits per heavy atom. The van der Waals surface area contributed by atoms with E-state index in [1.807, 2.05) is 12.1 Å². The fraction of sp³-hybridized carbons (Fsp3) is 0.417. The van der Waals surface area contributed by atoms with Crippen molar-refractivity contribution in [1.29, 1.82) is 0 Å². The van der Waals surface area contributed by atoms with Crippen LogP contribution >= 0.6 is 0 Å². The molecule has 0 spiro atoms. The molecule has 0 bridgehead atoms. The van der Waals surface area contributed by atoms with Gasteiger partial charge in [0.1, 0.15) is 0 Å². The van der Waals surface area contributed by atoms with Crippen LogP contribution in [0.4, 0.5) is 0 Å². The van der Waals surface area contributed by atoms with Crippen LogP contribution in [-0.2, 0) is 12.8 Å². The Labute approximate surface area is 83.6 Å². The predicted molar refractivity (Wildman–Crippen MR) is 54.5 cm³/mol. The van der Waals surface area contributed by atoms with Crippen molar-refractivity contribution in [2.75, 3.05) is 6.61 Å². The Morgan fingerprint density at radius 2 is 2.14 bits per heavy atom. The lowest BCUT2D eigenvalue weighted by atomic mass is 10.0. The SMILES string of the molecule is O=C1CCc2cc(CCCO)ccc21. The lowest BCUT2D eigenvalue weighted by molar-refractivity contribution is 0.0994. The van der Waals surface area contributed by atoms with Crippen LogP contribution in [0.5, 0.6) is 0 Å². The molecule has 0 aromatic heterocycles. The van der Waals surface area contributed by atoms with Crippen LogP contribution in [0.3, 0.4) is 0 Å². The molecule has 1 N–H and O–H groups in total. The minimum absolute atomic E-state index is 0.232. The monoisotopic (exact) mass is 190 g/mol. The summed E-state index contributed by atoms with van der Waals surface area (Å²) in [5.41, 5.74) is 3.32. The molecule has 74 valence electrons. The normalized spacial score (nSPS) is 14.5. The number of hydrogen-bond acceptors (Lipinski definition) is 2. The van der Waals surface area contributed by atoms with Crippen molar-refractivity contribution < 1.29 is 9.90 Å². The molecule has 1 aliphatic carbocycles. The first-order valence-electron chi connectivity index (χ1n) is 5.07. The zero-order chi connectivity index (χ0) is 9.97. The van der Waals surface area contributed by atoms with E-state index in [1.165, 1.54) is 11.1 Å².